The minimum absolute atomic E-state index is 0.0755. The number of ether oxygens (including phenoxy) is 1. The minimum Gasteiger partial charge on any atom is -0.482 e. The first-order valence-electron chi connectivity index (χ1n) is 6.57. The normalized spacial score (nSPS) is 10.4. The van der Waals surface area contributed by atoms with E-state index in [1.807, 2.05) is 13.0 Å². The van der Waals surface area contributed by atoms with E-state index in [-0.39, 0.29) is 19.1 Å². The van der Waals surface area contributed by atoms with Gasteiger partial charge in [-0.05, 0) is 42.3 Å². The maximum absolute atomic E-state index is 11.9. The number of anilines is 1. The summed E-state index contributed by atoms with van der Waals surface area (Å²) in [5, 5.41) is 12.2. The lowest BCUT2D eigenvalue weighted by Crippen LogP contribution is -2.20. The summed E-state index contributed by atoms with van der Waals surface area (Å²) in [4.78, 5) is 11.9. The van der Waals surface area contributed by atoms with Gasteiger partial charge in [0.15, 0.2) is 6.61 Å². The molecule has 0 aliphatic carbocycles. The lowest BCUT2D eigenvalue weighted by Gasteiger charge is -2.12. The molecule has 0 atom stereocenters. The number of hydrogen-bond acceptors (Lipinski definition) is 3. The standard InChI is InChI=1S/C16H15BrClNO3/c1-10-5-12(17)7-14(18)16(10)22-9-15(21)19-13-4-2-3-11(6-13)8-20/h2-7,20H,8-9H2,1H3,(H,19,21). The molecule has 0 fully saturated rings. The third-order valence-corrected chi connectivity index (χ3v) is 3.67. The monoisotopic (exact) mass is 383 g/mol. The second-order valence-corrected chi connectivity index (χ2v) is 6.05. The van der Waals surface area contributed by atoms with Crippen LogP contribution in [0.5, 0.6) is 5.75 Å². The van der Waals surface area contributed by atoms with E-state index in [0.29, 0.717) is 16.5 Å². The largest absolute Gasteiger partial charge is 0.482 e. The summed E-state index contributed by atoms with van der Waals surface area (Å²) in [6, 6.07) is 10.6. The second kappa shape index (κ2) is 7.63. The van der Waals surface area contributed by atoms with Gasteiger partial charge in [-0.3, -0.25) is 4.79 Å². The highest BCUT2D eigenvalue weighted by Crippen LogP contribution is 2.31. The van der Waals surface area contributed by atoms with Gasteiger partial charge < -0.3 is 15.2 Å². The average molecular weight is 385 g/mol. The fourth-order valence-electron chi connectivity index (χ4n) is 1.95. The fraction of sp³-hybridized carbons (Fsp3) is 0.188. The van der Waals surface area contributed by atoms with Gasteiger partial charge in [-0.15, -0.1) is 0 Å². The summed E-state index contributed by atoms with van der Waals surface area (Å²) in [5.41, 5.74) is 2.18. The first kappa shape index (κ1) is 16.8. The van der Waals surface area contributed by atoms with Gasteiger partial charge in [-0.2, -0.15) is 0 Å². The number of amides is 1. The molecular weight excluding hydrogens is 370 g/mol. The Kier molecular flexibility index (Phi) is 5.83. The van der Waals surface area contributed by atoms with Crippen molar-refractivity contribution >= 4 is 39.1 Å². The number of halogens is 2. The first-order valence-corrected chi connectivity index (χ1v) is 7.75. The first-order chi connectivity index (χ1) is 10.5. The Balaban J connectivity index is 1.98. The van der Waals surface area contributed by atoms with Gasteiger partial charge in [-0.25, -0.2) is 0 Å². The number of carbonyl (C=O) groups is 1. The molecule has 0 aliphatic rings. The van der Waals surface area contributed by atoms with E-state index in [9.17, 15) is 4.79 Å². The molecule has 4 nitrogen and oxygen atoms in total. The van der Waals surface area contributed by atoms with Crippen LogP contribution in [-0.4, -0.2) is 17.6 Å². The van der Waals surface area contributed by atoms with Crippen LogP contribution < -0.4 is 10.1 Å². The topological polar surface area (TPSA) is 58.6 Å². The molecule has 0 unspecified atom stereocenters. The summed E-state index contributed by atoms with van der Waals surface area (Å²) < 4.78 is 6.35. The van der Waals surface area contributed by atoms with Crippen molar-refractivity contribution in [3.8, 4) is 5.75 Å². The molecule has 0 bridgehead atoms. The van der Waals surface area contributed by atoms with Crippen molar-refractivity contribution in [1.29, 1.82) is 0 Å². The van der Waals surface area contributed by atoms with Crippen molar-refractivity contribution in [3.05, 3.63) is 57.0 Å². The van der Waals surface area contributed by atoms with Crippen LogP contribution in [-0.2, 0) is 11.4 Å². The Morgan fingerprint density at radius 3 is 2.82 bits per heavy atom. The zero-order chi connectivity index (χ0) is 16.1. The number of aryl methyl sites for hydroxylation is 1. The summed E-state index contributed by atoms with van der Waals surface area (Å²) in [6.45, 7) is 1.63. The zero-order valence-electron chi connectivity index (χ0n) is 11.9. The van der Waals surface area contributed by atoms with Gasteiger partial charge in [0.1, 0.15) is 5.75 Å². The Bertz CT molecular complexity index is 668. The van der Waals surface area contributed by atoms with Crippen LogP contribution >= 0.6 is 27.5 Å². The quantitative estimate of drug-likeness (QED) is 0.821. The Morgan fingerprint density at radius 2 is 2.14 bits per heavy atom. The Morgan fingerprint density at radius 1 is 1.36 bits per heavy atom. The van der Waals surface area contributed by atoms with Gasteiger partial charge in [0.25, 0.3) is 5.91 Å². The second-order valence-electron chi connectivity index (χ2n) is 4.73. The molecule has 2 N–H and O–H groups in total. The van der Waals surface area contributed by atoms with E-state index < -0.39 is 0 Å². The molecule has 0 heterocycles. The van der Waals surface area contributed by atoms with Crippen molar-refractivity contribution in [1.82, 2.24) is 0 Å². The lowest BCUT2D eigenvalue weighted by molar-refractivity contribution is -0.118. The number of hydrogen-bond donors (Lipinski definition) is 2. The number of nitrogens with one attached hydrogen (secondary N) is 1. The lowest BCUT2D eigenvalue weighted by atomic mass is 10.2. The van der Waals surface area contributed by atoms with Gasteiger partial charge in [-0.1, -0.05) is 39.7 Å². The Labute approximate surface area is 142 Å². The summed E-state index contributed by atoms with van der Waals surface area (Å²) >= 11 is 9.45. The van der Waals surface area contributed by atoms with E-state index in [1.165, 1.54) is 0 Å². The molecule has 2 rings (SSSR count). The molecule has 2 aromatic carbocycles. The zero-order valence-corrected chi connectivity index (χ0v) is 14.2. The van der Waals surface area contributed by atoms with Crippen LogP contribution in [0.4, 0.5) is 5.69 Å². The number of benzene rings is 2. The molecule has 0 saturated heterocycles. The summed E-state index contributed by atoms with van der Waals surface area (Å²) in [7, 11) is 0. The van der Waals surface area contributed by atoms with Crippen LogP contribution in [0.3, 0.4) is 0 Å². The van der Waals surface area contributed by atoms with Crippen molar-refractivity contribution < 1.29 is 14.6 Å². The fourth-order valence-corrected chi connectivity index (χ4v) is 2.98. The van der Waals surface area contributed by atoms with Crippen molar-refractivity contribution in [2.45, 2.75) is 13.5 Å². The van der Waals surface area contributed by atoms with Crippen LogP contribution in [0.2, 0.25) is 5.02 Å². The van der Waals surface area contributed by atoms with Crippen molar-refractivity contribution in [3.63, 3.8) is 0 Å². The van der Waals surface area contributed by atoms with Gasteiger partial charge in [0.2, 0.25) is 0 Å². The van der Waals surface area contributed by atoms with E-state index in [4.69, 9.17) is 21.4 Å². The van der Waals surface area contributed by atoms with Crippen LogP contribution in [0.15, 0.2) is 40.9 Å². The number of aliphatic hydroxyl groups excluding tert-OH is 1. The predicted octanol–water partition coefficient (Wildman–Crippen LogP) is 3.92. The molecule has 0 spiro atoms. The van der Waals surface area contributed by atoms with Crippen LogP contribution in [0, 0.1) is 6.92 Å². The highest BCUT2D eigenvalue weighted by atomic mass is 79.9. The third kappa shape index (κ3) is 4.47. The van der Waals surface area contributed by atoms with Crippen molar-refractivity contribution in [2.75, 3.05) is 11.9 Å². The van der Waals surface area contributed by atoms with Gasteiger partial charge >= 0.3 is 0 Å². The molecule has 0 aliphatic heterocycles. The maximum atomic E-state index is 11.9. The summed E-state index contributed by atoms with van der Waals surface area (Å²) in [6.07, 6.45) is 0. The molecule has 22 heavy (non-hydrogen) atoms. The van der Waals surface area contributed by atoms with Crippen LogP contribution in [0.25, 0.3) is 0 Å². The highest BCUT2D eigenvalue weighted by molar-refractivity contribution is 9.10. The smallest absolute Gasteiger partial charge is 0.262 e. The molecular formula is C16H15BrClNO3. The SMILES string of the molecule is Cc1cc(Br)cc(Cl)c1OCC(=O)Nc1cccc(CO)c1. The number of carbonyl (C=O) groups excluding carboxylic acids is 1. The van der Waals surface area contributed by atoms with E-state index in [2.05, 4.69) is 21.2 Å². The number of aliphatic hydroxyl groups is 1. The summed E-state index contributed by atoms with van der Waals surface area (Å²) in [5.74, 6) is 0.192. The molecule has 0 saturated carbocycles. The molecule has 2 aromatic rings. The molecule has 116 valence electrons. The van der Waals surface area contributed by atoms with E-state index >= 15 is 0 Å². The van der Waals surface area contributed by atoms with E-state index in [1.54, 1.807) is 30.3 Å². The van der Waals surface area contributed by atoms with Gasteiger partial charge in [0.05, 0.1) is 11.6 Å². The highest BCUT2D eigenvalue weighted by Gasteiger charge is 2.10. The predicted molar refractivity (Wildman–Crippen MR) is 90.4 cm³/mol. The number of rotatable bonds is 5. The third-order valence-electron chi connectivity index (χ3n) is 2.93. The Hall–Kier alpha value is -1.56. The maximum Gasteiger partial charge on any atom is 0.262 e. The van der Waals surface area contributed by atoms with Crippen molar-refractivity contribution in [2.24, 2.45) is 0 Å². The van der Waals surface area contributed by atoms with Gasteiger partial charge in [0, 0.05) is 10.2 Å². The van der Waals surface area contributed by atoms with Crippen LogP contribution in [0.1, 0.15) is 11.1 Å². The van der Waals surface area contributed by atoms with E-state index in [0.717, 1.165) is 15.6 Å². The molecule has 0 radical (unpaired) electrons. The molecule has 6 heteroatoms. The average Bonchev–Trinajstić information content (AvgIpc) is 2.46. The molecule has 1 amide bonds. The minimum atomic E-state index is -0.298. The molecule has 0 aromatic heterocycles.